The molecule has 4 heteroatoms. The second-order valence-electron chi connectivity index (χ2n) is 6.31. The van der Waals surface area contributed by atoms with Crippen LogP contribution in [0.1, 0.15) is 30.9 Å². The Morgan fingerprint density at radius 3 is 2.42 bits per heavy atom. The number of rotatable bonds is 5. The Hall–Kier alpha value is -3.06. The van der Waals surface area contributed by atoms with Crippen LogP contribution in [-0.4, -0.2) is 16.8 Å². The van der Waals surface area contributed by atoms with Crippen LogP contribution < -0.4 is 5.46 Å². The van der Waals surface area contributed by atoms with Crippen molar-refractivity contribution >= 4 is 18.8 Å². The molecule has 1 aromatic heterocycles. The molecule has 0 saturated carbocycles. The van der Waals surface area contributed by atoms with Crippen molar-refractivity contribution in [2.75, 3.05) is 0 Å². The van der Waals surface area contributed by atoms with E-state index in [1.165, 1.54) is 16.6 Å². The largest absolute Gasteiger partial charge is 0.324 e. The Balaban J connectivity index is 0.000000254. The maximum atomic E-state index is 8.14. The standard InChI is InChI=1S/C17H19B.C5H5N3/c1-14(2)16-8-10-17(11-9-16)18-13-12-15-6-4-3-5-7-15;6-1-3-8-4-2-7-5-8/h3-14,18H,1-2H3;2,4-5H,3H2. The molecule has 3 aromatic rings. The predicted molar refractivity (Wildman–Crippen MR) is 111 cm³/mol. The van der Waals surface area contributed by atoms with Gasteiger partial charge in [-0.1, -0.05) is 80.0 Å². The number of hydrogen-bond acceptors (Lipinski definition) is 2. The van der Waals surface area contributed by atoms with E-state index >= 15 is 0 Å². The Bertz CT molecular complexity index is 814. The zero-order valence-electron chi connectivity index (χ0n) is 15.4. The summed E-state index contributed by atoms with van der Waals surface area (Å²) in [4.78, 5) is 3.75. The van der Waals surface area contributed by atoms with Crippen LogP contribution in [0.2, 0.25) is 0 Å². The quantitative estimate of drug-likeness (QED) is 0.660. The highest BCUT2D eigenvalue weighted by Gasteiger charge is 1.98. The Kier molecular flexibility index (Phi) is 7.96. The fourth-order valence-corrected chi connectivity index (χ4v) is 2.40. The summed E-state index contributed by atoms with van der Waals surface area (Å²) >= 11 is 0. The lowest BCUT2D eigenvalue weighted by molar-refractivity contribution is 0.830. The lowest BCUT2D eigenvalue weighted by Crippen LogP contribution is -2.11. The van der Waals surface area contributed by atoms with Crippen molar-refractivity contribution in [1.29, 1.82) is 5.26 Å². The van der Waals surface area contributed by atoms with Crippen molar-refractivity contribution < 1.29 is 0 Å². The first kappa shape index (κ1) is 19.3. The van der Waals surface area contributed by atoms with E-state index in [0.717, 1.165) is 7.28 Å². The van der Waals surface area contributed by atoms with Crippen molar-refractivity contribution in [1.82, 2.24) is 9.55 Å². The molecule has 0 saturated heterocycles. The van der Waals surface area contributed by atoms with Gasteiger partial charge in [-0.3, -0.25) is 0 Å². The van der Waals surface area contributed by atoms with Gasteiger partial charge in [-0.05, 0) is 17.0 Å². The Morgan fingerprint density at radius 2 is 1.85 bits per heavy atom. The van der Waals surface area contributed by atoms with Gasteiger partial charge in [-0.15, -0.1) is 5.98 Å². The van der Waals surface area contributed by atoms with E-state index in [4.69, 9.17) is 5.26 Å². The zero-order chi connectivity index (χ0) is 18.6. The number of nitriles is 1. The molecule has 0 unspecified atom stereocenters. The predicted octanol–water partition coefficient (Wildman–Crippen LogP) is 3.95. The molecule has 0 fully saturated rings. The van der Waals surface area contributed by atoms with E-state index in [2.05, 4.69) is 79.4 Å². The van der Waals surface area contributed by atoms with E-state index in [1.54, 1.807) is 23.3 Å². The molecular formula is C22H24BN3. The fraction of sp³-hybridized carbons (Fsp3) is 0.182. The first-order valence-electron chi connectivity index (χ1n) is 8.82. The summed E-state index contributed by atoms with van der Waals surface area (Å²) < 4.78 is 1.71. The van der Waals surface area contributed by atoms with Crippen LogP contribution in [0.5, 0.6) is 0 Å². The van der Waals surface area contributed by atoms with Crippen molar-refractivity contribution in [3.8, 4) is 6.07 Å². The molecule has 0 aliphatic rings. The third-order valence-electron chi connectivity index (χ3n) is 3.92. The molecular weight excluding hydrogens is 317 g/mol. The zero-order valence-corrected chi connectivity index (χ0v) is 15.4. The van der Waals surface area contributed by atoms with Gasteiger partial charge < -0.3 is 4.57 Å². The van der Waals surface area contributed by atoms with E-state index in [1.807, 2.05) is 12.1 Å². The van der Waals surface area contributed by atoms with Crippen LogP contribution in [-0.2, 0) is 6.54 Å². The topological polar surface area (TPSA) is 41.6 Å². The number of hydrogen-bond donors (Lipinski definition) is 0. The summed E-state index contributed by atoms with van der Waals surface area (Å²) in [7, 11) is 0.993. The van der Waals surface area contributed by atoms with Gasteiger partial charge in [0.25, 0.3) is 0 Å². The summed E-state index contributed by atoms with van der Waals surface area (Å²) in [6.45, 7) is 4.84. The van der Waals surface area contributed by atoms with Crippen LogP contribution in [0.25, 0.3) is 6.08 Å². The van der Waals surface area contributed by atoms with Gasteiger partial charge >= 0.3 is 0 Å². The number of nitrogens with zero attached hydrogens (tertiary/aromatic N) is 3. The van der Waals surface area contributed by atoms with Crippen LogP contribution in [0.15, 0.2) is 79.3 Å². The van der Waals surface area contributed by atoms with Crippen LogP contribution in [0.3, 0.4) is 0 Å². The van der Waals surface area contributed by atoms with Crippen LogP contribution in [0.4, 0.5) is 0 Å². The van der Waals surface area contributed by atoms with Crippen molar-refractivity contribution in [2.24, 2.45) is 0 Å². The molecule has 0 N–H and O–H groups in total. The molecule has 130 valence electrons. The smallest absolute Gasteiger partial charge is 0.183 e. The number of aromatic nitrogens is 2. The van der Waals surface area contributed by atoms with E-state index in [0.29, 0.717) is 12.5 Å². The normalized spacial score (nSPS) is 10.2. The van der Waals surface area contributed by atoms with Crippen LogP contribution >= 0.6 is 0 Å². The molecule has 1 heterocycles. The molecule has 0 spiro atoms. The van der Waals surface area contributed by atoms with Gasteiger partial charge in [-0.25, -0.2) is 4.98 Å². The fourth-order valence-electron chi connectivity index (χ4n) is 2.40. The van der Waals surface area contributed by atoms with Crippen molar-refractivity contribution in [3.63, 3.8) is 0 Å². The van der Waals surface area contributed by atoms with Crippen LogP contribution in [0, 0.1) is 11.3 Å². The summed E-state index contributed by atoms with van der Waals surface area (Å²) in [6, 6.07) is 21.3. The van der Waals surface area contributed by atoms with Gasteiger partial charge in [0.15, 0.2) is 7.28 Å². The second kappa shape index (κ2) is 10.7. The lowest BCUT2D eigenvalue weighted by Gasteiger charge is -2.05. The minimum absolute atomic E-state index is 0.389. The van der Waals surface area contributed by atoms with Gasteiger partial charge in [0.2, 0.25) is 0 Å². The van der Waals surface area contributed by atoms with E-state index in [-0.39, 0.29) is 0 Å². The highest BCUT2D eigenvalue weighted by molar-refractivity contribution is 6.59. The highest BCUT2D eigenvalue weighted by Crippen LogP contribution is 2.11. The third-order valence-corrected chi connectivity index (χ3v) is 3.92. The molecule has 26 heavy (non-hydrogen) atoms. The molecule has 0 aliphatic heterocycles. The first-order valence-corrected chi connectivity index (χ1v) is 8.82. The minimum Gasteiger partial charge on any atom is -0.324 e. The van der Waals surface area contributed by atoms with Gasteiger partial charge in [-0.2, -0.15) is 5.26 Å². The van der Waals surface area contributed by atoms with Crippen molar-refractivity contribution in [2.45, 2.75) is 26.3 Å². The molecule has 0 amide bonds. The molecule has 3 rings (SSSR count). The summed E-state index contributed by atoms with van der Waals surface area (Å²) in [5, 5.41) is 8.14. The van der Waals surface area contributed by atoms with Gasteiger partial charge in [0.05, 0.1) is 12.4 Å². The molecule has 0 atom stereocenters. The average molecular weight is 341 g/mol. The van der Waals surface area contributed by atoms with Crippen molar-refractivity contribution in [3.05, 3.63) is 90.4 Å². The number of imidazole rings is 1. The monoisotopic (exact) mass is 341 g/mol. The molecule has 2 aromatic carbocycles. The first-order chi connectivity index (χ1) is 12.7. The molecule has 3 nitrogen and oxygen atoms in total. The minimum atomic E-state index is 0.389. The average Bonchev–Trinajstić information content (AvgIpc) is 3.17. The Labute approximate surface area is 156 Å². The summed E-state index contributed by atoms with van der Waals surface area (Å²) in [6.07, 6.45) is 7.19. The maximum absolute atomic E-state index is 8.14. The molecule has 0 aliphatic carbocycles. The summed E-state index contributed by atoms with van der Waals surface area (Å²) in [5.41, 5.74) is 4.04. The second-order valence-corrected chi connectivity index (χ2v) is 6.31. The molecule has 0 bridgehead atoms. The molecule has 0 radical (unpaired) electrons. The van der Waals surface area contributed by atoms with Gasteiger partial charge in [0, 0.05) is 12.4 Å². The highest BCUT2D eigenvalue weighted by atomic mass is 15.0. The lowest BCUT2D eigenvalue weighted by atomic mass is 9.70. The maximum Gasteiger partial charge on any atom is 0.183 e. The van der Waals surface area contributed by atoms with E-state index < -0.39 is 0 Å². The summed E-state index contributed by atoms with van der Waals surface area (Å²) in [5.74, 6) is 2.83. The third kappa shape index (κ3) is 6.82. The Morgan fingerprint density at radius 1 is 1.12 bits per heavy atom. The SMILES string of the molecule is CC(C)c1ccc(BC=Cc2ccccc2)cc1.N#CCn1ccnc1. The van der Waals surface area contributed by atoms with E-state index in [9.17, 15) is 0 Å². The number of benzene rings is 2. The van der Waals surface area contributed by atoms with Gasteiger partial charge in [0.1, 0.15) is 6.54 Å².